The Morgan fingerprint density at radius 1 is 1.50 bits per heavy atom. The third-order valence-electron chi connectivity index (χ3n) is 3.33. The van der Waals surface area contributed by atoms with E-state index in [0.29, 0.717) is 18.4 Å². The molecule has 1 aliphatic rings. The zero-order valence-electron chi connectivity index (χ0n) is 10.1. The van der Waals surface area contributed by atoms with E-state index in [0.717, 1.165) is 0 Å². The molecule has 1 saturated heterocycles. The van der Waals surface area contributed by atoms with Crippen LogP contribution in [-0.4, -0.2) is 28.8 Å². The van der Waals surface area contributed by atoms with Crippen LogP contribution in [-0.2, 0) is 4.79 Å². The van der Waals surface area contributed by atoms with Gasteiger partial charge in [0.15, 0.2) is 0 Å². The number of hydrogen-bond acceptors (Lipinski definition) is 4. The number of likely N-dealkylation sites (tertiary alicyclic amines) is 1. The molecule has 2 N–H and O–H groups in total. The third kappa shape index (κ3) is 2.19. The van der Waals surface area contributed by atoms with E-state index in [1.807, 2.05) is 0 Å². The normalized spacial score (nSPS) is 24.1. The number of nitro benzene ring substituents is 1. The van der Waals surface area contributed by atoms with Crippen molar-refractivity contribution in [3.8, 4) is 0 Å². The van der Waals surface area contributed by atoms with Crippen LogP contribution in [0.2, 0.25) is 0 Å². The molecule has 96 valence electrons. The van der Waals surface area contributed by atoms with E-state index in [1.165, 1.54) is 12.1 Å². The first-order valence-electron chi connectivity index (χ1n) is 5.76. The molecule has 1 fully saturated rings. The molecule has 0 radical (unpaired) electrons. The second-order valence-corrected chi connectivity index (χ2v) is 4.50. The van der Waals surface area contributed by atoms with Crippen LogP contribution in [0, 0.1) is 10.1 Å². The van der Waals surface area contributed by atoms with Gasteiger partial charge < -0.3 is 10.6 Å². The van der Waals surface area contributed by atoms with E-state index in [9.17, 15) is 14.9 Å². The van der Waals surface area contributed by atoms with Crippen LogP contribution in [0.1, 0.15) is 24.4 Å². The maximum atomic E-state index is 11.7. The Morgan fingerprint density at radius 3 is 2.89 bits per heavy atom. The fraction of sp³-hybridized carbons (Fsp3) is 0.417. The molecule has 2 rings (SSSR count). The minimum Gasteiger partial charge on any atom is -0.337 e. The molecule has 6 nitrogen and oxygen atoms in total. The van der Waals surface area contributed by atoms with Gasteiger partial charge in [0, 0.05) is 31.6 Å². The predicted octanol–water partition coefficient (Wildman–Crippen LogP) is 1.22. The highest BCUT2D eigenvalue weighted by Gasteiger charge is 2.32. The Labute approximate surface area is 105 Å². The number of nitrogens with two attached hydrogens (primary N) is 1. The molecule has 1 aliphatic heterocycles. The Balaban J connectivity index is 2.36. The number of hydrogen-bond donors (Lipinski definition) is 1. The molecule has 0 saturated carbocycles. The molecule has 0 aliphatic carbocycles. The van der Waals surface area contributed by atoms with Crippen LogP contribution in [0.3, 0.4) is 0 Å². The lowest BCUT2D eigenvalue weighted by molar-refractivity contribution is -0.385. The molecule has 2 atom stereocenters. The molecule has 1 aromatic carbocycles. The summed E-state index contributed by atoms with van der Waals surface area (Å²) in [4.78, 5) is 23.6. The number of carbonyl (C=O) groups excluding carboxylic acids is 1. The van der Waals surface area contributed by atoms with Gasteiger partial charge in [-0.1, -0.05) is 12.1 Å². The van der Waals surface area contributed by atoms with E-state index < -0.39 is 4.92 Å². The van der Waals surface area contributed by atoms with Crippen molar-refractivity contribution in [2.75, 3.05) is 7.05 Å². The van der Waals surface area contributed by atoms with Crippen molar-refractivity contribution in [2.45, 2.75) is 24.9 Å². The van der Waals surface area contributed by atoms with Crippen molar-refractivity contribution in [2.24, 2.45) is 5.73 Å². The van der Waals surface area contributed by atoms with Crippen molar-refractivity contribution >= 4 is 11.6 Å². The summed E-state index contributed by atoms with van der Waals surface area (Å²) >= 11 is 0. The number of carbonyl (C=O) groups is 1. The molecule has 1 heterocycles. The molecular weight excluding hydrogens is 234 g/mol. The maximum absolute atomic E-state index is 11.7. The third-order valence-corrected chi connectivity index (χ3v) is 3.33. The fourth-order valence-corrected chi connectivity index (χ4v) is 2.36. The zero-order chi connectivity index (χ0) is 13.3. The first-order chi connectivity index (χ1) is 8.50. The number of nitrogens with zero attached hydrogens (tertiary/aromatic N) is 2. The molecule has 2 unspecified atom stereocenters. The number of nitro groups is 1. The summed E-state index contributed by atoms with van der Waals surface area (Å²) in [7, 11) is 1.69. The van der Waals surface area contributed by atoms with Crippen LogP contribution < -0.4 is 5.73 Å². The second-order valence-electron chi connectivity index (χ2n) is 4.50. The summed E-state index contributed by atoms with van der Waals surface area (Å²) in [5.41, 5.74) is 6.76. The van der Waals surface area contributed by atoms with Gasteiger partial charge in [0.2, 0.25) is 5.91 Å². The van der Waals surface area contributed by atoms with E-state index >= 15 is 0 Å². The van der Waals surface area contributed by atoms with Gasteiger partial charge in [-0.25, -0.2) is 0 Å². The van der Waals surface area contributed by atoms with E-state index in [4.69, 9.17) is 5.73 Å². The highest BCUT2D eigenvalue weighted by Crippen LogP contribution is 2.31. The average Bonchev–Trinajstić information content (AvgIpc) is 2.35. The summed E-state index contributed by atoms with van der Waals surface area (Å²) in [6.45, 7) is 0. The van der Waals surface area contributed by atoms with Crippen molar-refractivity contribution in [3.05, 3.63) is 39.9 Å². The van der Waals surface area contributed by atoms with Gasteiger partial charge in [0.05, 0.1) is 11.0 Å². The van der Waals surface area contributed by atoms with Gasteiger partial charge in [0.1, 0.15) is 0 Å². The van der Waals surface area contributed by atoms with Crippen LogP contribution in [0.4, 0.5) is 5.69 Å². The average molecular weight is 249 g/mol. The first kappa shape index (κ1) is 12.5. The van der Waals surface area contributed by atoms with Gasteiger partial charge in [-0.2, -0.15) is 0 Å². The quantitative estimate of drug-likeness (QED) is 0.630. The smallest absolute Gasteiger partial charge is 0.269 e. The fourth-order valence-electron chi connectivity index (χ4n) is 2.36. The van der Waals surface area contributed by atoms with Gasteiger partial charge in [-0.15, -0.1) is 0 Å². The summed E-state index contributed by atoms with van der Waals surface area (Å²) in [6.07, 6.45) is 1.04. The minimum atomic E-state index is -0.445. The number of non-ortho nitro benzene ring substituents is 1. The van der Waals surface area contributed by atoms with Crippen molar-refractivity contribution < 1.29 is 9.72 Å². The van der Waals surface area contributed by atoms with E-state index in [1.54, 1.807) is 24.1 Å². The number of benzene rings is 1. The summed E-state index contributed by atoms with van der Waals surface area (Å²) in [5.74, 6) is 0.0215. The Morgan fingerprint density at radius 2 is 2.22 bits per heavy atom. The number of likely N-dealkylation sites (N-methyl/N-ethyl adjacent to an activating group) is 1. The monoisotopic (exact) mass is 249 g/mol. The van der Waals surface area contributed by atoms with Crippen LogP contribution in [0.15, 0.2) is 24.3 Å². The maximum Gasteiger partial charge on any atom is 0.269 e. The van der Waals surface area contributed by atoms with E-state index in [-0.39, 0.29) is 23.7 Å². The van der Waals surface area contributed by atoms with Gasteiger partial charge >= 0.3 is 0 Å². The SMILES string of the molecule is CN1C(=O)CCC(N)C1c1cccc([N+](=O)[O-])c1. The van der Waals surface area contributed by atoms with E-state index in [2.05, 4.69) is 0 Å². The Bertz CT molecular complexity index is 489. The molecule has 0 bridgehead atoms. The molecule has 0 spiro atoms. The lowest BCUT2D eigenvalue weighted by Gasteiger charge is -2.37. The molecule has 6 heteroatoms. The molecule has 0 aromatic heterocycles. The van der Waals surface area contributed by atoms with Crippen LogP contribution in [0.5, 0.6) is 0 Å². The number of piperidine rings is 1. The largest absolute Gasteiger partial charge is 0.337 e. The first-order valence-corrected chi connectivity index (χ1v) is 5.76. The predicted molar refractivity (Wildman–Crippen MR) is 65.8 cm³/mol. The van der Waals surface area contributed by atoms with Gasteiger partial charge in [0.25, 0.3) is 5.69 Å². The van der Waals surface area contributed by atoms with Gasteiger partial charge in [-0.3, -0.25) is 14.9 Å². The van der Waals surface area contributed by atoms with Gasteiger partial charge in [-0.05, 0) is 12.0 Å². The molecule has 18 heavy (non-hydrogen) atoms. The Kier molecular flexibility index (Phi) is 3.29. The van der Waals surface area contributed by atoms with Crippen LogP contribution in [0.25, 0.3) is 0 Å². The van der Waals surface area contributed by atoms with Crippen molar-refractivity contribution in [1.29, 1.82) is 0 Å². The lowest BCUT2D eigenvalue weighted by Crippen LogP contribution is -2.46. The topological polar surface area (TPSA) is 89.5 Å². The summed E-state index contributed by atoms with van der Waals surface area (Å²) in [5, 5.41) is 10.8. The second kappa shape index (κ2) is 4.73. The number of rotatable bonds is 2. The van der Waals surface area contributed by atoms with Crippen molar-refractivity contribution in [1.82, 2.24) is 4.90 Å². The van der Waals surface area contributed by atoms with Crippen LogP contribution >= 0.6 is 0 Å². The summed E-state index contributed by atoms with van der Waals surface area (Å²) in [6, 6.07) is 5.83. The zero-order valence-corrected chi connectivity index (χ0v) is 10.1. The standard InChI is InChI=1S/C12H15N3O3/c1-14-11(16)6-5-10(13)12(14)8-3-2-4-9(7-8)15(17)18/h2-4,7,10,12H,5-6,13H2,1H3. The summed E-state index contributed by atoms with van der Waals surface area (Å²) < 4.78 is 0. The molecular formula is C12H15N3O3. The Hall–Kier alpha value is -1.95. The molecule has 1 amide bonds. The molecule has 1 aromatic rings. The minimum absolute atomic E-state index is 0.0196. The highest BCUT2D eigenvalue weighted by molar-refractivity contribution is 5.77. The highest BCUT2D eigenvalue weighted by atomic mass is 16.6. The van der Waals surface area contributed by atoms with Crippen molar-refractivity contribution in [3.63, 3.8) is 0 Å². The number of amides is 1. The lowest BCUT2D eigenvalue weighted by atomic mass is 9.91.